The molecular weight excluding hydrogens is 312 g/mol. The van der Waals surface area contributed by atoms with E-state index in [-0.39, 0.29) is 17.9 Å². The lowest BCUT2D eigenvalue weighted by Gasteiger charge is -2.31. The highest BCUT2D eigenvalue weighted by atomic mass is 32.1. The van der Waals surface area contributed by atoms with Gasteiger partial charge in [0.1, 0.15) is 4.88 Å². The number of hydrogen-bond donors (Lipinski definition) is 2. The molecule has 2 amide bonds. The molecule has 7 heteroatoms. The van der Waals surface area contributed by atoms with E-state index in [0.29, 0.717) is 6.54 Å². The zero-order valence-corrected chi connectivity index (χ0v) is 13.6. The van der Waals surface area contributed by atoms with E-state index < -0.39 is 0 Å². The van der Waals surface area contributed by atoms with Crippen LogP contribution in [-0.2, 0) is 4.79 Å². The van der Waals surface area contributed by atoms with Crippen LogP contribution >= 0.6 is 11.3 Å². The zero-order valence-electron chi connectivity index (χ0n) is 12.8. The first kappa shape index (κ1) is 15.8. The van der Waals surface area contributed by atoms with Crippen molar-refractivity contribution in [2.24, 2.45) is 5.73 Å². The van der Waals surface area contributed by atoms with Crippen molar-refractivity contribution in [3.05, 3.63) is 40.8 Å². The Morgan fingerprint density at radius 3 is 2.61 bits per heavy atom. The normalized spacial score (nSPS) is 16.3. The predicted molar refractivity (Wildman–Crippen MR) is 89.8 cm³/mol. The summed E-state index contributed by atoms with van der Waals surface area (Å²) in [6.45, 7) is 1.86. The lowest BCUT2D eigenvalue weighted by molar-refractivity contribution is -0.119. The molecule has 3 heterocycles. The molecule has 0 aliphatic carbocycles. The van der Waals surface area contributed by atoms with Crippen LogP contribution in [0.3, 0.4) is 0 Å². The summed E-state index contributed by atoms with van der Waals surface area (Å²) in [6.07, 6.45) is 5.54. The molecule has 0 saturated carbocycles. The Hall–Kier alpha value is -2.12. The molecule has 2 aromatic heterocycles. The molecule has 0 radical (unpaired) electrons. The van der Waals surface area contributed by atoms with Gasteiger partial charge in [-0.3, -0.25) is 14.5 Å². The minimum Gasteiger partial charge on any atom is -0.369 e. The van der Waals surface area contributed by atoms with Crippen LogP contribution in [0.2, 0.25) is 0 Å². The Labute approximate surface area is 138 Å². The second-order valence-corrected chi connectivity index (χ2v) is 6.63. The Kier molecular flexibility index (Phi) is 4.78. The molecule has 23 heavy (non-hydrogen) atoms. The molecule has 2 aromatic rings. The Bertz CT molecular complexity index is 672. The quantitative estimate of drug-likeness (QED) is 0.864. The molecule has 0 aromatic carbocycles. The maximum atomic E-state index is 12.5. The minimum absolute atomic E-state index is 0.0305. The minimum atomic E-state index is -0.303. The number of primary amides is 1. The lowest BCUT2D eigenvalue weighted by Crippen LogP contribution is -2.46. The highest BCUT2D eigenvalue weighted by Gasteiger charge is 2.23. The molecule has 0 bridgehead atoms. The third-order valence-corrected chi connectivity index (χ3v) is 4.94. The number of hydrogen-bond acceptors (Lipinski definition) is 4. The summed E-state index contributed by atoms with van der Waals surface area (Å²) in [6, 6.07) is 5.97. The van der Waals surface area contributed by atoms with E-state index in [4.69, 9.17) is 5.73 Å². The van der Waals surface area contributed by atoms with Crippen molar-refractivity contribution in [3.8, 4) is 5.69 Å². The smallest absolute Gasteiger partial charge is 0.263 e. The number of carbonyl (C=O) groups excluding carboxylic acids is 2. The average molecular weight is 332 g/mol. The van der Waals surface area contributed by atoms with Gasteiger partial charge in [-0.1, -0.05) is 0 Å². The van der Waals surface area contributed by atoms with Crippen molar-refractivity contribution in [1.82, 2.24) is 14.8 Å². The first-order valence-corrected chi connectivity index (χ1v) is 8.54. The summed E-state index contributed by atoms with van der Waals surface area (Å²) in [5.74, 6) is -0.334. The van der Waals surface area contributed by atoms with E-state index in [0.717, 1.165) is 36.5 Å². The molecule has 1 aliphatic rings. The van der Waals surface area contributed by atoms with Crippen LogP contribution in [-0.4, -0.2) is 47.0 Å². The van der Waals surface area contributed by atoms with Crippen LogP contribution in [0.5, 0.6) is 0 Å². The number of amides is 2. The molecule has 1 aliphatic heterocycles. The lowest BCUT2D eigenvalue weighted by atomic mass is 10.0. The number of rotatable bonds is 5. The van der Waals surface area contributed by atoms with Crippen LogP contribution < -0.4 is 11.1 Å². The Balaban J connectivity index is 1.59. The fourth-order valence-corrected chi connectivity index (χ4v) is 3.67. The van der Waals surface area contributed by atoms with Gasteiger partial charge in [0.2, 0.25) is 5.91 Å². The van der Waals surface area contributed by atoms with Crippen molar-refractivity contribution in [2.75, 3.05) is 19.6 Å². The summed E-state index contributed by atoms with van der Waals surface area (Å²) in [4.78, 5) is 26.2. The van der Waals surface area contributed by atoms with E-state index >= 15 is 0 Å². The van der Waals surface area contributed by atoms with Crippen molar-refractivity contribution in [2.45, 2.75) is 18.9 Å². The summed E-state index contributed by atoms with van der Waals surface area (Å²) in [5.41, 5.74) is 6.12. The highest BCUT2D eigenvalue weighted by Crippen LogP contribution is 2.22. The van der Waals surface area contributed by atoms with Gasteiger partial charge in [-0.2, -0.15) is 0 Å². The Morgan fingerprint density at radius 1 is 1.26 bits per heavy atom. The van der Waals surface area contributed by atoms with Crippen LogP contribution in [0.25, 0.3) is 5.69 Å². The highest BCUT2D eigenvalue weighted by molar-refractivity contribution is 7.12. The molecule has 1 fully saturated rings. The van der Waals surface area contributed by atoms with Crippen LogP contribution in [0, 0.1) is 0 Å². The summed E-state index contributed by atoms with van der Waals surface area (Å²) < 4.78 is 1.95. The van der Waals surface area contributed by atoms with Crippen LogP contribution in [0.15, 0.2) is 36.0 Å². The number of likely N-dealkylation sites (tertiary alicyclic amines) is 1. The molecule has 3 rings (SSSR count). The first-order chi connectivity index (χ1) is 11.1. The monoisotopic (exact) mass is 332 g/mol. The van der Waals surface area contributed by atoms with E-state index in [1.807, 2.05) is 45.4 Å². The largest absolute Gasteiger partial charge is 0.369 e. The van der Waals surface area contributed by atoms with Gasteiger partial charge in [0.05, 0.1) is 12.2 Å². The van der Waals surface area contributed by atoms with Gasteiger partial charge in [-0.05, 0) is 36.4 Å². The molecule has 3 N–H and O–H groups in total. The van der Waals surface area contributed by atoms with Gasteiger partial charge in [-0.15, -0.1) is 11.3 Å². The first-order valence-electron chi connectivity index (χ1n) is 7.66. The van der Waals surface area contributed by atoms with E-state index in [1.54, 1.807) is 0 Å². The molecule has 0 spiro atoms. The predicted octanol–water partition coefficient (Wildman–Crippen LogP) is 1.22. The van der Waals surface area contributed by atoms with Crippen LogP contribution in [0.4, 0.5) is 0 Å². The number of carbonyl (C=O) groups is 2. The van der Waals surface area contributed by atoms with Gasteiger partial charge < -0.3 is 15.6 Å². The maximum Gasteiger partial charge on any atom is 0.263 e. The molecular formula is C16H20N4O2S. The average Bonchev–Trinajstić information content (AvgIpc) is 3.19. The van der Waals surface area contributed by atoms with E-state index in [9.17, 15) is 9.59 Å². The van der Waals surface area contributed by atoms with Gasteiger partial charge in [0.15, 0.2) is 0 Å². The number of aromatic nitrogens is 1. The second kappa shape index (κ2) is 6.97. The van der Waals surface area contributed by atoms with Crippen molar-refractivity contribution in [1.29, 1.82) is 0 Å². The summed E-state index contributed by atoms with van der Waals surface area (Å²) in [7, 11) is 0. The third-order valence-electron chi connectivity index (χ3n) is 4.04. The standard InChI is InChI=1S/C16H20N4O2S/c17-14(21)11-19-8-3-12(4-9-19)18-16(22)15-13(5-10-23-15)20-6-1-2-7-20/h1-2,5-7,10,12H,3-4,8-9,11H2,(H2,17,21)(H,18,22). The molecule has 0 atom stereocenters. The fraction of sp³-hybridized carbons (Fsp3) is 0.375. The maximum absolute atomic E-state index is 12.5. The number of nitrogens with zero attached hydrogens (tertiary/aromatic N) is 2. The molecule has 0 unspecified atom stereocenters. The summed E-state index contributed by atoms with van der Waals surface area (Å²) >= 11 is 1.45. The van der Waals surface area contributed by atoms with Crippen molar-refractivity contribution in [3.63, 3.8) is 0 Å². The van der Waals surface area contributed by atoms with Gasteiger partial charge >= 0.3 is 0 Å². The van der Waals surface area contributed by atoms with Gasteiger partial charge in [-0.25, -0.2) is 0 Å². The fourth-order valence-electron chi connectivity index (χ4n) is 2.88. The van der Waals surface area contributed by atoms with Crippen LogP contribution in [0.1, 0.15) is 22.5 Å². The number of nitrogens with two attached hydrogens (primary N) is 1. The van der Waals surface area contributed by atoms with E-state index in [1.165, 1.54) is 11.3 Å². The second-order valence-electron chi connectivity index (χ2n) is 5.72. The number of nitrogens with one attached hydrogen (secondary N) is 1. The van der Waals surface area contributed by atoms with E-state index in [2.05, 4.69) is 5.32 Å². The summed E-state index contributed by atoms with van der Waals surface area (Å²) in [5, 5.41) is 5.04. The number of thiophene rings is 1. The topological polar surface area (TPSA) is 80.4 Å². The van der Waals surface area contributed by atoms with Crippen molar-refractivity contribution < 1.29 is 9.59 Å². The molecule has 122 valence electrons. The van der Waals surface area contributed by atoms with Gasteiger partial charge in [0, 0.05) is 31.5 Å². The SMILES string of the molecule is NC(=O)CN1CCC(NC(=O)c2sccc2-n2cccc2)CC1. The number of piperidine rings is 1. The third kappa shape index (κ3) is 3.80. The Morgan fingerprint density at radius 2 is 1.96 bits per heavy atom. The zero-order chi connectivity index (χ0) is 16.2. The molecule has 1 saturated heterocycles. The van der Waals surface area contributed by atoms with Crippen molar-refractivity contribution >= 4 is 23.2 Å². The molecule has 6 nitrogen and oxygen atoms in total. The van der Waals surface area contributed by atoms with Gasteiger partial charge in [0.25, 0.3) is 5.91 Å².